The Morgan fingerprint density at radius 2 is 1.82 bits per heavy atom. The van der Waals surface area contributed by atoms with Crippen LogP contribution in [0.2, 0.25) is 0 Å². The molecule has 1 rings (SSSR count). The Bertz CT molecular complexity index is 380. The predicted molar refractivity (Wildman–Crippen MR) is 72.3 cm³/mol. The van der Waals surface area contributed by atoms with Gasteiger partial charge in [-0.05, 0) is 17.0 Å². The Hall–Kier alpha value is -1.51. The minimum atomic E-state index is 0.0101. The highest BCUT2D eigenvalue weighted by Gasteiger charge is 2.16. The number of benzene rings is 1. The number of amides is 1. The highest BCUT2D eigenvalue weighted by atomic mass is 16.1. The first-order chi connectivity index (χ1) is 7.91. The molecule has 0 fully saturated rings. The molecular weight excluding hydrogens is 212 g/mol. The second-order valence-electron chi connectivity index (χ2n) is 5.21. The van der Waals surface area contributed by atoms with E-state index in [0.29, 0.717) is 6.54 Å². The van der Waals surface area contributed by atoms with Crippen molar-refractivity contribution in [2.45, 2.75) is 33.1 Å². The summed E-state index contributed by atoms with van der Waals surface area (Å²) in [6, 6.07) is 8.30. The average molecular weight is 234 g/mol. The molecule has 3 nitrogen and oxygen atoms in total. The van der Waals surface area contributed by atoms with Crippen LogP contribution in [0.1, 0.15) is 33.3 Å². The van der Waals surface area contributed by atoms with Crippen molar-refractivity contribution in [1.82, 2.24) is 5.32 Å². The molecule has 3 heteroatoms. The normalized spacial score (nSPS) is 11.1. The number of para-hydroxylation sites is 1. The fraction of sp³-hybridized carbons (Fsp3) is 0.500. The van der Waals surface area contributed by atoms with Gasteiger partial charge in [0.25, 0.3) is 0 Å². The summed E-state index contributed by atoms with van der Waals surface area (Å²) in [5, 5.41) is 6.13. The molecule has 1 aromatic rings. The summed E-state index contributed by atoms with van der Waals surface area (Å²) in [5.74, 6) is 0.0101. The molecular formula is C14H22N2O. The molecule has 0 radical (unpaired) electrons. The van der Waals surface area contributed by atoms with E-state index in [4.69, 9.17) is 0 Å². The maximum atomic E-state index is 10.7. The van der Waals surface area contributed by atoms with Crippen molar-refractivity contribution in [1.29, 1.82) is 0 Å². The lowest BCUT2D eigenvalue weighted by molar-refractivity contribution is -0.118. The molecule has 0 unspecified atom stereocenters. The lowest BCUT2D eigenvalue weighted by Gasteiger charge is -2.23. The molecule has 0 aliphatic heterocycles. The van der Waals surface area contributed by atoms with Crippen LogP contribution >= 0.6 is 0 Å². The molecule has 0 saturated carbocycles. The molecule has 17 heavy (non-hydrogen) atoms. The zero-order chi connectivity index (χ0) is 12.9. The van der Waals surface area contributed by atoms with E-state index in [1.165, 1.54) is 12.5 Å². The molecule has 0 spiro atoms. The van der Waals surface area contributed by atoms with Gasteiger partial charge in [-0.15, -0.1) is 0 Å². The molecule has 0 aromatic heterocycles. The van der Waals surface area contributed by atoms with Gasteiger partial charge in [-0.3, -0.25) is 4.79 Å². The largest absolute Gasteiger partial charge is 0.383 e. The summed E-state index contributed by atoms with van der Waals surface area (Å²) in [4.78, 5) is 10.7. The molecule has 1 amide bonds. The van der Waals surface area contributed by atoms with Crippen molar-refractivity contribution in [2.75, 3.05) is 18.4 Å². The lowest BCUT2D eigenvalue weighted by atomic mass is 9.86. The first-order valence-corrected chi connectivity index (χ1v) is 5.99. The number of nitrogens with one attached hydrogen (secondary N) is 2. The van der Waals surface area contributed by atoms with Gasteiger partial charge >= 0.3 is 0 Å². The molecule has 0 aliphatic carbocycles. The van der Waals surface area contributed by atoms with Crippen LogP contribution in [0.5, 0.6) is 0 Å². The quantitative estimate of drug-likeness (QED) is 0.786. The Kier molecular flexibility index (Phi) is 4.55. The van der Waals surface area contributed by atoms with Crippen molar-refractivity contribution >= 4 is 11.6 Å². The molecule has 0 bridgehead atoms. The van der Waals surface area contributed by atoms with Gasteiger partial charge in [0.1, 0.15) is 0 Å². The van der Waals surface area contributed by atoms with Gasteiger partial charge in [-0.2, -0.15) is 0 Å². The summed E-state index contributed by atoms with van der Waals surface area (Å²) in [6.07, 6.45) is 0. The van der Waals surface area contributed by atoms with Crippen LogP contribution < -0.4 is 10.6 Å². The van der Waals surface area contributed by atoms with E-state index in [2.05, 4.69) is 49.6 Å². The van der Waals surface area contributed by atoms with E-state index in [-0.39, 0.29) is 11.3 Å². The predicted octanol–water partition coefficient (Wildman–Crippen LogP) is 2.53. The third kappa shape index (κ3) is 4.47. The SMILES string of the molecule is CC(=O)NCCNc1ccccc1C(C)(C)C. The second kappa shape index (κ2) is 5.71. The van der Waals surface area contributed by atoms with Gasteiger partial charge in [0.05, 0.1) is 0 Å². The van der Waals surface area contributed by atoms with E-state index >= 15 is 0 Å². The number of carbonyl (C=O) groups excluding carboxylic acids is 1. The fourth-order valence-electron chi connectivity index (χ4n) is 1.73. The molecule has 94 valence electrons. The molecule has 2 N–H and O–H groups in total. The van der Waals surface area contributed by atoms with Crippen LogP contribution in [0, 0.1) is 0 Å². The Labute approximate surface area is 104 Å². The second-order valence-corrected chi connectivity index (χ2v) is 5.21. The van der Waals surface area contributed by atoms with Crippen molar-refractivity contribution in [3.05, 3.63) is 29.8 Å². The number of hydrogen-bond donors (Lipinski definition) is 2. The van der Waals surface area contributed by atoms with Crippen LogP contribution in [-0.2, 0) is 10.2 Å². The minimum Gasteiger partial charge on any atom is -0.383 e. The first kappa shape index (κ1) is 13.6. The van der Waals surface area contributed by atoms with E-state index < -0.39 is 0 Å². The standard InChI is InChI=1S/C14H22N2O/c1-11(17)15-9-10-16-13-8-6-5-7-12(13)14(2,3)4/h5-8,16H,9-10H2,1-4H3,(H,15,17). The van der Waals surface area contributed by atoms with Gasteiger partial charge in [0.15, 0.2) is 0 Å². The van der Waals surface area contributed by atoms with E-state index in [0.717, 1.165) is 12.2 Å². The average Bonchev–Trinajstić information content (AvgIpc) is 2.23. The maximum absolute atomic E-state index is 10.7. The lowest BCUT2D eigenvalue weighted by Crippen LogP contribution is -2.27. The minimum absolute atomic E-state index is 0.0101. The van der Waals surface area contributed by atoms with E-state index in [1.807, 2.05) is 6.07 Å². The summed E-state index contributed by atoms with van der Waals surface area (Å²) in [7, 11) is 0. The summed E-state index contributed by atoms with van der Waals surface area (Å²) in [6.45, 7) is 9.51. The molecule has 0 heterocycles. The third-order valence-corrected chi connectivity index (χ3v) is 2.55. The van der Waals surface area contributed by atoms with Crippen molar-refractivity contribution in [2.24, 2.45) is 0 Å². The molecule has 0 saturated heterocycles. The highest BCUT2D eigenvalue weighted by molar-refractivity contribution is 5.72. The third-order valence-electron chi connectivity index (χ3n) is 2.55. The number of anilines is 1. The zero-order valence-corrected chi connectivity index (χ0v) is 11.1. The van der Waals surface area contributed by atoms with Crippen LogP contribution in [0.4, 0.5) is 5.69 Å². The zero-order valence-electron chi connectivity index (χ0n) is 11.1. The van der Waals surface area contributed by atoms with Crippen LogP contribution in [-0.4, -0.2) is 19.0 Å². The summed E-state index contributed by atoms with van der Waals surface area (Å²) in [5.41, 5.74) is 2.56. The number of rotatable bonds is 4. The van der Waals surface area contributed by atoms with Crippen molar-refractivity contribution in [3.63, 3.8) is 0 Å². The Balaban J connectivity index is 2.62. The summed E-state index contributed by atoms with van der Waals surface area (Å²) >= 11 is 0. The Morgan fingerprint density at radius 1 is 1.18 bits per heavy atom. The van der Waals surface area contributed by atoms with E-state index in [9.17, 15) is 4.79 Å². The first-order valence-electron chi connectivity index (χ1n) is 5.99. The highest BCUT2D eigenvalue weighted by Crippen LogP contribution is 2.28. The maximum Gasteiger partial charge on any atom is 0.216 e. The molecule has 0 atom stereocenters. The van der Waals surface area contributed by atoms with Gasteiger partial charge in [0.2, 0.25) is 5.91 Å². The van der Waals surface area contributed by atoms with Gasteiger partial charge < -0.3 is 10.6 Å². The van der Waals surface area contributed by atoms with Gasteiger partial charge in [-0.1, -0.05) is 39.0 Å². The molecule has 0 aliphatic rings. The number of hydrogen-bond acceptors (Lipinski definition) is 2. The van der Waals surface area contributed by atoms with Gasteiger partial charge in [-0.25, -0.2) is 0 Å². The van der Waals surface area contributed by atoms with Crippen LogP contribution in [0.15, 0.2) is 24.3 Å². The van der Waals surface area contributed by atoms with E-state index in [1.54, 1.807) is 0 Å². The monoisotopic (exact) mass is 234 g/mol. The Morgan fingerprint density at radius 3 is 2.41 bits per heavy atom. The number of carbonyl (C=O) groups is 1. The summed E-state index contributed by atoms with van der Waals surface area (Å²) < 4.78 is 0. The smallest absolute Gasteiger partial charge is 0.216 e. The van der Waals surface area contributed by atoms with Crippen LogP contribution in [0.3, 0.4) is 0 Å². The topological polar surface area (TPSA) is 41.1 Å². The fourth-order valence-corrected chi connectivity index (χ4v) is 1.73. The van der Waals surface area contributed by atoms with Gasteiger partial charge in [0, 0.05) is 25.7 Å². The van der Waals surface area contributed by atoms with Crippen LogP contribution in [0.25, 0.3) is 0 Å². The molecule has 1 aromatic carbocycles. The van der Waals surface area contributed by atoms with Crippen molar-refractivity contribution in [3.8, 4) is 0 Å². The van der Waals surface area contributed by atoms with Crippen molar-refractivity contribution < 1.29 is 4.79 Å².